The van der Waals surface area contributed by atoms with Crippen molar-refractivity contribution in [2.24, 2.45) is 17.8 Å². The molecule has 0 aromatic heterocycles. The smallest absolute Gasteiger partial charge is 0.312 e. The van der Waals surface area contributed by atoms with Crippen LogP contribution in [0.25, 0.3) is 0 Å². The molecule has 6 heteroatoms. The van der Waals surface area contributed by atoms with Gasteiger partial charge in [0.25, 0.3) is 0 Å². The number of carbonyl (C=O) groups excluding carboxylic acids is 4. The van der Waals surface area contributed by atoms with E-state index in [0.29, 0.717) is 25.7 Å². The molecule has 0 aromatic rings. The molecule has 116 valence electrons. The lowest BCUT2D eigenvalue weighted by Crippen LogP contribution is -2.50. The van der Waals surface area contributed by atoms with Crippen molar-refractivity contribution in [3.05, 3.63) is 0 Å². The molecule has 2 heterocycles. The molecule has 0 spiro atoms. The van der Waals surface area contributed by atoms with E-state index < -0.39 is 0 Å². The Balaban J connectivity index is 1.83. The van der Waals surface area contributed by atoms with Gasteiger partial charge in [0.1, 0.15) is 24.8 Å². The molecule has 0 radical (unpaired) electrons. The second-order valence-electron chi connectivity index (χ2n) is 5.63. The van der Waals surface area contributed by atoms with Crippen LogP contribution in [0.3, 0.4) is 0 Å². The van der Waals surface area contributed by atoms with Crippen molar-refractivity contribution in [1.29, 1.82) is 0 Å². The number of ether oxygens (including phenoxy) is 2. The fraction of sp³-hybridized carbons (Fsp3) is 0.733. The standard InChI is InChI=1S/C15H20O6/c1-2-9(16)4-3-5-10(17)6-11(12-7-20-14(12)18)13-8-21-15(13)19/h11-13H,2-8H2,1H3. The van der Waals surface area contributed by atoms with E-state index in [0.717, 1.165) is 0 Å². The summed E-state index contributed by atoms with van der Waals surface area (Å²) in [6.45, 7) is 2.34. The molecule has 0 saturated carbocycles. The Kier molecular flexibility index (Phi) is 5.09. The zero-order valence-electron chi connectivity index (χ0n) is 12.1. The predicted octanol–water partition coefficient (Wildman–Crippen LogP) is 1.06. The molecule has 0 N–H and O–H groups in total. The third-order valence-corrected chi connectivity index (χ3v) is 4.22. The van der Waals surface area contributed by atoms with E-state index in [4.69, 9.17) is 9.47 Å². The van der Waals surface area contributed by atoms with Gasteiger partial charge in [0.2, 0.25) is 0 Å². The Morgan fingerprint density at radius 3 is 1.95 bits per heavy atom. The van der Waals surface area contributed by atoms with Gasteiger partial charge < -0.3 is 9.47 Å². The Morgan fingerprint density at radius 2 is 1.57 bits per heavy atom. The highest BCUT2D eigenvalue weighted by Gasteiger charge is 2.49. The molecule has 0 amide bonds. The molecular weight excluding hydrogens is 276 g/mol. The highest BCUT2D eigenvalue weighted by molar-refractivity contribution is 5.85. The fourth-order valence-corrected chi connectivity index (χ4v) is 2.68. The quantitative estimate of drug-likeness (QED) is 0.591. The summed E-state index contributed by atoms with van der Waals surface area (Å²) in [5.41, 5.74) is 0. The lowest BCUT2D eigenvalue weighted by molar-refractivity contribution is -0.188. The molecule has 2 aliphatic heterocycles. The van der Waals surface area contributed by atoms with Crippen molar-refractivity contribution in [3.63, 3.8) is 0 Å². The van der Waals surface area contributed by atoms with E-state index in [-0.39, 0.29) is 60.9 Å². The number of carbonyl (C=O) groups is 4. The molecule has 0 aliphatic carbocycles. The second kappa shape index (κ2) is 6.83. The molecule has 0 aromatic carbocycles. The average Bonchev–Trinajstić information content (AvgIpc) is 2.43. The minimum absolute atomic E-state index is 0.0108. The molecule has 2 aliphatic rings. The zero-order chi connectivity index (χ0) is 15.4. The topological polar surface area (TPSA) is 86.7 Å². The van der Waals surface area contributed by atoms with E-state index in [1.54, 1.807) is 6.92 Å². The summed E-state index contributed by atoms with van der Waals surface area (Å²) < 4.78 is 9.48. The molecule has 0 bridgehead atoms. The molecule has 21 heavy (non-hydrogen) atoms. The number of esters is 2. The van der Waals surface area contributed by atoms with Crippen LogP contribution in [-0.2, 0) is 28.7 Å². The molecular formula is C15H20O6. The molecule has 2 unspecified atom stereocenters. The summed E-state index contributed by atoms with van der Waals surface area (Å²) in [5, 5.41) is 0. The molecule has 2 saturated heterocycles. The van der Waals surface area contributed by atoms with Crippen LogP contribution in [-0.4, -0.2) is 36.7 Å². The summed E-state index contributed by atoms with van der Waals surface area (Å²) in [7, 11) is 0. The minimum atomic E-state index is -0.371. The Hall–Kier alpha value is -1.72. The molecule has 6 nitrogen and oxygen atoms in total. The maximum absolute atomic E-state index is 12.0. The van der Waals surface area contributed by atoms with Crippen LogP contribution in [0.1, 0.15) is 39.0 Å². The molecule has 2 atom stereocenters. The zero-order valence-corrected chi connectivity index (χ0v) is 12.1. The van der Waals surface area contributed by atoms with Crippen LogP contribution in [0.2, 0.25) is 0 Å². The Morgan fingerprint density at radius 1 is 1.05 bits per heavy atom. The van der Waals surface area contributed by atoms with Gasteiger partial charge in [0, 0.05) is 25.7 Å². The summed E-state index contributed by atoms with van der Waals surface area (Å²) >= 11 is 0. The van der Waals surface area contributed by atoms with Crippen LogP contribution >= 0.6 is 0 Å². The van der Waals surface area contributed by atoms with Gasteiger partial charge in [-0.1, -0.05) is 6.92 Å². The minimum Gasteiger partial charge on any atom is -0.464 e. The van der Waals surface area contributed by atoms with E-state index in [9.17, 15) is 19.2 Å². The van der Waals surface area contributed by atoms with Crippen LogP contribution in [0.5, 0.6) is 0 Å². The number of rotatable bonds is 9. The predicted molar refractivity (Wildman–Crippen MR) is 71.2 cm³/mol. The van der Waals surface area contributed by atoms with Gasteiger partial charge in [-0.05, 0) is 12.3 Å². The first-order valence-electron chi connectivity index (χ1n) is 7.39. The Bertz CT molecular complexity index is 431. The normalized spacial score (nSPS) is 25.2. The van der Waals surface area contributed by atoms with Gasteiger partial charge >= 0.3 is 11.9 Å². The first-order chi connectivity index (χ1) is 10.0. The van der Waals surface area contributed by atoms with Gasteiger partial charge in [-0.15, -0.1) is 0 Å². The van der Waals surface area contributed by atoms with Gasteiger partial charge in [0.15, 0.2) is 0 Å². The first-order valence-corrected chi connectivity index (χ1v) is 7.39. The van der Waals surface area contributed by atoms with Crippen molar-refractivity contribution in [2.75, 3.05) is 13.2 Å². The fourth-order valence-electron chi connectivity index (χ4n) is 2.68. The van der Waals surface area contributed by atoms with Crippen LogP contribution < -0.4 is 0 Å². The third-order valence-electron chi connectivity index (χ3n) is 4.22. The van der Waals surface area contributed by atoms with E-state index in [2.05, 4.69) is 0 Å². The number of Topliss-reactive ketones (excluding diaryl/α,β-unsaturated/α-hetero) is 2. The summed E-state index contributed by atoms with van der Waals surface area (Å²) in [6.07, 6.45) is 1.91. The highest BCUT2D eigenvalue weighted by atomic mass is 16.6. The van der Waals surface area contributed by atoms with Crippen LogP contribution in [0.15, 0.2) is 0 Å². The summed E-state index contributed by atoms with van der Waals surface area (Å²) in [6, 6.07) is 0. The van der Waals surface area contributed by atoms with Crippen molar-refractivity contribution in [1.82, 2.24) is 0 Å². The van der Waals surface area contributed by atoms with Crippen molar-refractivity contribution >= 4 is 23.5 Å². The lowest BCUT2D eigenvalue weighted by Gasteiger charge is -2.38. The number of hydrogen-bond donors (Lipinski definition) is 0. The van der Waals surface area contributed by atoms with Crippen LogP contribution in [0.4, 0.5) is 0 Å². The van der Waals surface area contributed by atoms with E-state index in [1.807, 2.05) is 0 Å². The summed E-state index contributed by atoms with van der Waals surface area (Å²) in [5.74, 6) is -1.61. The van der Waals surface area contributed by atoms with Gasteiger partial charge in [-0.3, -0.25) is 19.2 Å². The highest BCUT2D eigenvalue weighted by Crippen LogP contribution is 2.36. The third kappa shape index (κ3) is 3.68. The molecule has 2 rings (SSSR count). The van der Waals surface area contributed by atoms with E-state index >= 15 is 0 Å². The van der Waals surface area contributed by atoms with E-state index in [1.165, 1.54) is 0 Å². The largest absolute Gasteiger partial charge is 0.464 e. The number of ketones is 2. The van der Waals surface area contributed by atoms with Crippen molar-refractivity contribution < 1.29 is 28.7 Å². The van der Waals surface area contributed by atoms with Gasteiger partial charge in [0.05, 0.1) is 11.8 Å². The van der Waals surface area contributed by atoms with Gasteiger partial charge in [-0.25, -0.2) is 0 Å². The lowest BCUT2D eigenvalue weighted by atomic mass is 9.75. The average molecular weight is 296 g/mol. The Labute approximate surface area is 123 Å². The van der Waals surface area contributed by atoms with Gasteiger partial charge in [-0.2, -0.15) is 0 Å². The van der Waals surface area contributed by atoms with Crippen LogP contribution in [0, 0.1) is 17.8 Å². The monoisotopic (exact) mass is 296 g/mol. The SMILES string of the molecule is CCC(=O)CCCC(=O)CC(C1COC1=O)C1COC1=O. The summed E-state index contributed by atoms with van der Waals surface area (Å²) in [4.78, 5) is 46.0. The number of cyclic esters (lactones) is 2. The maximum atomic E-state index is 12.0. The number of hydrogen-bond acceptors (Lipinski definition) is 6. The molecule has 2 fully saturated rings. The van der Waals surface area contributed by atoms with Crippen molar-refractivity contribution in [2.45, 2.75) is 39.0 Å². The second-order valence-corrected chi connectivity index (χ2v) is 5.63. The van der Waals surface area contributed by atoms with Crippen molar-refractivity contribution in [3.8, 4) is 0 Å². The first kappa shape index (κ1) is 15.7. The maximum Gasteiger partial charge on any atom is 0.312 e.